The van der Waals surface area contributed by atoms with Gasteiger partial charge in [0.1, 0.15) is 11.9 Å². The molecule has 1 fully saturated rings. The molecule has 19 heavy (non-hydrogen) atoms. The van der Waals surface area contributed by atoms with E-state index in [9.17, 15) is 9.59 Å². The highest BCUT2D eigenvalue weighted by atomic mass is 16.5. The molecule has 1 aromatic heterocycles. The van der Waals surface area contributed by atoms with Crippen molar-refractivity contribution in [3.63, 3.8) is 0 Å². The van der Waals surface area contributed by atoms with Gasteiger partial charge in [-0.1, -0.05) is 6.92 Å². The molecule has 0 aromatic carbocycles. The van der Waals surface area contributed by atoms with Crippen LogP contribution in [0.1, 0.15) is 42.6 Å². The summed E-state index contributed by atoms with van der Waals surface area (Å²) in [6.07, 6.45) is 3.10. The first-order valence-electron chi connectivity index (χ1n) is 6.47. The highest BCUT2D eigenvalue weighted by molar-refractivity contribution is 5.93. The Morgan fingerprint density at radius 1 is 1.47 bits per heavy atom. The van der Waals surface area contributed by atoms with E-state index in [4.69, 9.17) is 4.74 Å². The van der Waals surface area contributed by atoms with Crippen LogP contribution in [0.5, 0.6) is 0 Å². The molecule has 0 spiro atoms. The van der Waals surface area contributed by atoms with Gasteiger partial charge >= 0.3 is 5.97 Å². The summed E-state index contributed by atoms with van der Waals surface area (Å²) in [7, 11) is 1.33. The van der Waals surface area contributed by atoms with Crippen LogP contribution in [0.25, 0.3) is 0 Å². The fourth-order valence-corrected chi connectivity index (χ4v) is 2.23. The first-order valence-corrected chi connectivity index (χ1v) is 6.47. The van der Waals surface area contributed by atoms with E-state index in [0.717, 1.165) is 12.8 Å². The number of carbonyl (C=O) groups excluding carboxylic acids is 2. The molecule has 1 aliphatic rings. The van der Waals surface area contributed by atoms with E-state index in [1.807, 2.05) is 6.92 Å². The molecule has 7 nitrogen and oxygen atoms in total. The highest BCUT2D eigenvalue weighted by Crippen LogP contribution is 2.19. The monoisotopic (exact) mass is 266 g/mol. The Morgan fingerprint density at radius 2 is 2.26 bits per heavy atom. The van der Waals surface area contributed by atoms with Gasteiger partial charge in [0.2, 0.25) is 5.82 Å². The van der Waals surface area contributed by atoms with Crippen LogP contribution in [-0.4, -0.2) is 51.7 Å². The summed E-state index contributed by atoms with van der Waals surface area (Å²) in [5, 5.41) is 6.61. The number of methoxy groups -OCH3 is 1. The second-order valence-electron chi connectivity index (χ2n) is 4.49. The number of likely N-dealkylation sites (tertiary alicyclic amines) is 1. The molecule has 2 heterocycles. The molecule has 1 unspecified atom stereocenters. The number of rotatable bonds is 3. The number of aryl methyl sites for hydroxylation is 1. The molecular weight excluding hydrogens is 248 g/mol. The third-order valence-electron chi connectivity index (χ3n) is 3.29. The zero-order chi connectivity index (χ0) is 13.8. The maximum atomic E-state index is 12.3. The third-order valence-corrected chi connectivity index (χ3v) is 3.29. The van der Waals surface area contributed by atoms with Gasteiger partial charge in [0, 0.05) is 13.0 Å². The van der Waals surface area contributed by atoms with Crippen LogP contribution in [0, 0.1) is 0 Å². The quantitative estimate of drug-likeness (QED) is 0.806. The van der Waals surface area contributed by atoms with Crippen molar-refractivity contribution >= 4 is 11.9 Å². The summed E-state index contributed by atoms with van der Waals surface area (Å²) in [4.78, 5) is 29.7. The molecular formula is C12H18N4O3. The molecule has 0 bridgehead atoms. The van der Waals surface area contributed by atoms with Crippen molar-refractivity contribution in [1.29, 1.82) is 0 Å². The lowest BCUT2D eigenvalue weighted by molar-refractivity contribution is -0.147. The highest BCUT2D eigenvalue weighted by Gasteiger charge is 2.34. The summed E-state index contributed by atoms with van der Waals surface area (Å²) in [6, 6.07) is -0.519. The van der Waals surface area contributed by atoms with E-state index >= 15 is 0 Å². The first kappa shape index (κ1) is 13.5. The van der Waals surface area contributed by atoms with E-state index in [2.05, 4.69) is 15.2 Å². The van der Waals surface area contributed by atoms with Crippen molar-refractivity contribution in [1.82, 2.24) is 20.1 Å². The molecule has 1 N–H and O–H groups in total. The normalized spacial score (nSPS) is 19.3. The molecule has 7 heteroatoms. The lowest BCUT2D eigenvalue weighted by Crippen LogP contribution is -2.48. The Hall–Kier alpha value is -1.92. The molecule has 0 radical (unpaired) electrons. The van der Waals surface area contributed by atoms with Gasteiger partial charge in [0.15, 0.2) is 0 Å². The average molecular weight is 266 g/mol. The summed E-state index contributed by atoms with van der Waals surface area (Å²) in [5.74, 6) is 0.0907. The number of esters is 1. The van der Waals surface area contributed by atoms with Crippen LogP contribution in [0.15, 0.2) is 0 Å². The molecule has 0 saturated carbocycles. The number of H-pyrrole nitrogens is 1. The maximum absolute atomic E-state index is 12.3. The van der Waals surface area contributed by atoms with Crippen molar-refractivity contribution in [2.45, 2.75) is 38.6 Å². The number of ether oxygens (including phenoxy) is 1. The third kappa shape index (κ3) is 2.74. The standard InChI is InChI=1S/C12H18N4O3/c1-3-9-13-10(15-14-9)11(17)16-7-5-4-6-8(16)12(18)19-2/h8H,3-7H2,1-2H3,(H,13,14,15). The minimum atomic E-state index is -0.519. The Bertz CT molecular complexity index is 471. The lowest BCUT2D eigenvalue weighted by Gasteiger charge is -2.32. The molecule has 1 aliphatic heterocycles. The second kappa shape index (κ2) is 5.81. The fourth-order valence-electron chi connectivity index (χ4n) is 2.23. The maximum Gasteiger partial charge on any atom is 0.328 e. The van der Waals surface area contributed by atoms with Gasteiger partial charge in [-0.25, -0.2) is 9.78 Å². The topological polar surface area (TPSA) is 88.2 Å². The van der Waals surface area contributed by atoms with E-state index in [-0.39, 0.29) is 17.7 Å². The molecule has 2 rings (SSSR count). The van der Waals surface area contributed by atoms with Crippen molar-refractivity contribution in [3.05, 3.63) is 11.6 Å². The number of amides is 1. The molecule has 1 saturated heterocycles. The van der Waals surface area contributed by atoms with Gasteiger partial charge in [0.05, 0.1) is 7.11 Å². The lowest BCUT2D eigenvalue weighted by atomic mass is 10.0. The van der Waals surface area contributed by atoms with Gasteiger partial charge in [-0.2, -0.15) is 0 Å². The predicted molar refractivity (Wildman–Crippen MR) is 66.5 cm³/mol. The fraction of sp³-hybridized carbons (Fsp3) is 0.667. The van der Waals surface area contributed by atoms with Crippen LogP contribution in [-0.2, 0) is 16.0 Å². The zero-order valence-corrected chi connectivity index (χ0v) is 11.2. The van der Waals surface area contributed by atoms with Crippen molar-refractivity contribution in [3.8, 4) is 0 Å². The van der Waals surface area contributed by atoms with Crippen LogP contribution >= 0.6 is 0 Å². The van der Waals surface area contributed by atoms with Gasteiger partial charge < -0.3 is 9.64 Å². The Labute approximate surface area is 111 Å². The van der Waals surface area contributed by atoms with Gasteiger partial charge in [0.25, 0.3) is 5.91 Å². The SMILES string of the molecule is CCc1nc(C(=O)N2CCCCC2C(=O)OC)n[nH]1. The molecule has 1 atom stereocenters. The molecule has 0 aliphatic carbocycles. The van der Waals surface area contributed by atoms with Gasteiger partial charge in [-0.15, -0.1) is 5.10 Å². The Balaban J connectivity index is 2.17. The largest absolute Gasteiger partial charge is 0.467 e. The van der Waals surface area contributed by atoms with Crippen LogP contribution in [0.4, 0.5) is 0 Å². The van der Waals surface area contributed by atoms with E-state index in [1.54, 1.807) is 0 Å². The van der Waals surface area contributed by atoms with Crippen LogP contribution < -0.4 is 0 Å². The van der Waals surface area contributed by atoms with Crippen molar-refractivity contribution in [2.24, 2.45) is 0 Å². The number of hydrogen-bond donors (Lipinski definition) is 1. The minimum absolute atomic E-state index is 0.118. The first-order chi connectivity index (χ1) is 9.17. The number of aromatic amines is 1. The summed E-state index contributed by atoms with van der Waals surface area (Å²) in [6.45, 7) is 2.46. The van der Waals surface area contributed by atoms with E-state index < -0.39 is 6.04 Å². The Kier molecular flexibility index (Phi) is 4.13. The van der Waals surface area contributed by atoms with Crippen LogP contribution in [0.3, 0.4) is 0 Å². The average Bonchev–Trinajstić information content (AvgIpc) is 2.94. The number of piperidine rings is 1. The minimum Gasteiger partial charge on any atom is -0.467 e. The molecule has 1 aromatic rings. The number of aromatic nitrogens is 3. The second-order valence-corrected chi connectivity index (χ2v) is 4.49. The van der Waals surface area contributed by atoms with Gasteiger partial charge in [-0.05, 0) is 19.3 Å². The van der Waals surface area contributed by atoms with Crippen molar-refractivity contribution < 1.29 is 14.3 Å². The van der Waals surface area contributed by atoms with E-state index in [1.165, 1.54) is 12.0 Å². The number of nitrogens with zero attached hydrogens (tertiary/aromatic N) is 3. The summed E-state index contributed by atoms with van der Waals surface area (Å²) < 4.78 is 4.75. The van der Waals surface area contributed by atoms with Gasteiger partial charge in [-0.3, -0.25) is 9.89 Å². The number of carbonyl (C=O) groups is 2. The van der Waals surface area contributed by atoms with E-state index in [0.29, 0.717) is 25.2 Å². The number of hydrogen-bond acceptors (Lipinski definition) is 5. The smallest absolute Gasteiger partial charge is 0.328 e. The summed E-state index contributed by atoms with van der Waals surface area (Å²) >= 11 is 0. The Morgan fingerprint density at radius 3 is 2.89 bits per heavy atom. The summed E-state index contributed by atoms with van der Waals surface area (Å²) in [5.41, 5.74) is 0. The predicted octanol–water partition coefficient (Wildman–Crippen LogP) is 0.535. The number of nitrogens with one attached hydrogen (secondary N) is 1. The van der Waals surface area contributed by atoms with Crippen molar-refractivity contribution in [2.75, 3.05) is 13.7 Å². The molecule has 104 valence electrons. The zero-order valence-electron chi connectivity index (χ0n) is 11.2. The molecule has 1 amide bonds. The van der Waals surface area contributed by atoms with Crippen LogP contribution in [0.2, 0.25) is 0 Å².